The van der Waals surface area contributed by atoms with Crippen LogP contribution < -0.4 is 5.32 Å². The molecule has 160 valence electrons. The molecule has 0 bridgehead atoms. The number of hydrogen-bond acceptors (Lipinski definition) is 3. The van der Waals surface area contributed by atoms with Crippen molar-refractivity contribution in [2.45, 2.75) is 17.7 Å². The number of piperidine rings is 1. The summed E-state index contributed by atoms with van der Waals surface area (Å²) in [6.45, 7) is 0.564. The van der Waals surface area contributed by atoms with E-state index in [-0.39, 0.29) is 35.6 Å². The summed E-state index contributed by atoms with van der Waals surface area (Å²) in [5.74, 6) is -0.818. The number of carbonyl (C=O) groups is 1. The van der Waals surface area contributed by atoms with Gasteiger partial charge in [-0.1, -0.05) is 42.5 Å². The van der Waals surface area contributed by atoms with Crippen molar-refractivity contribution < 1.29 is 17.6 Å². The second-order valence-corrected chi connectivity index (χ2v) is 9.50. The van der Waals surface area contributed by atoms with Crippen LogP contribution in [0, 0.1) is 11.7 Å². The molecule has 0 spiro atoms. The average molecular weight is 439 g/mol. The smallest absolute Gasteiger partial charge is 0.243 e. The van der Waals surface area contributed by atoms with Crippen LogP contribution in [0.5, 0.6) is 0 Å². The molecule has 1 fully saturated rings. The molecule has 1 aliphatic heterocycles. The lowest BCUT2D eigenvalue weighted by Crippen LogP contribution is -2.41. The molecular weight excluding hydrogens is 415 g/mol. The summed E-state index contributed by atoms with van der Waals surface area (Å²) in [7, 11) is -3.61. The van der Waals surface area contributed by atoms with Crippen LogP contribution in [0.1, 0.15) is 12.8 Å². The number of hydrogen-bond donors (Lipinski definition) is 1. The minimum Gasteiger partial charge on any atom is -0.326 e. The van der Waals surface area contributed by atoms with Gasteiger partial charge in [-0.3, -0.25) is 4.79 Å². The molecule has 4 rings (SSSR count). The van der Waals surface area contributed by atoms with Gasteiger partial charge in [0.15, 0.2) is 0 Å². The Labute approximate surface area is 181 Å². The summed E-state index contributed by atoms with van der Waals surface area (Å²) in [4.78, 5) is 12.7. The number of anilines is 1. The first-order valence-electron chi connectivity index (χ1n) is 10.2. The van der Waals surface area contributed by atoms with E-state index >= 15 is 0 Å². The summed E-state index contributed by atoms with van der Waals surface area (Å²) in [5, 5.41) is 2.77. The highest BCUT2D eigenvalue weighted by atomic mass is 32.2. The van der Waals surface area contributed by atoms with Gasteiger partial charge in [0.25, 0.3) is 0 Å². The molecule has 1 aliphatic rings. The van der Waals surface area contributed by atoms with Gasteiger partial charge in [-0.2, -0.15) is 4.31 Å². The zero-order valence-electron chi connectivity index (χ0n) is 16.9. The van der Waals surface area contributed by atoms with Gasteiger partial charge in [-0.15, -0.1) is 0 Å². The fourth-order valence-corrected chi connectivity index (χ4v) is 5.20. The lowest BCUT2D eigenvalue weighted by atomic mass is 9.97. The highest BCUT2D eigenvalue weighted by Gasteiger charge is 2.32. The third kappa shape index (κ3) is 4.84. The fourth-order valence-electron chi connectivity index (χ4n) is 3.73. The van der Waals surface area contributed by atoms with Crippen molar-refractivity contribution in [3.8, 4) is 11.1 Å². The van der Waals surface area contributed by atoms with Crippen molar-refractivity contribution in [2.75, 3.05) is 18.4 Å². The van der Waals surface area contributed by atoms with E-state index < -0.39 is 10.0 Å². The van der Waals surface area contributed by atoms with Gasteiger partial charge in [0, 0.05) is 24.7 Å². The minimum absolute atomic E-state index is 0.170. The second kappa shape index (κ2) is 8.99. The number of nitrogens with zero attached hydrogens (tertiary/aromatic N) is 1. The van der Waals surface area contributed by atoms with Crippen LogP contribution in [0.3, 0.4) is 0 Å². The molecule has 3 aromatic carbocycles. The molecule has 7 heteroatoms. The van der Waals surface area contributed by atoms with E-state index in [4.69, 9.17) is 0 Å². The average Bonchev–Trinajstić information content (AvgIpc) is 2.81. The highest BCUT2D eigenvalue weighted by molar-refractivity contribution is 7.89. The lowest BCUT2D eigenvalue weighted by Gasteiger charge is -2.30. The molecule has 1 heterocycles. The number of amides is 1. The lowest BCUT2D eigenvalue weighted by molar-refractivity contribution is -0.120. The Bertz CT molecular complexity index is 1140. The molecule has 0 atom stereocenters. The Kier molecular flexibility index (Phi) is 6.15. The Morgan fingerprint density at radius 3 is 2.03 bits per heavy atom. The van der Waals surface area contributed by atoms with Crippen molar-refractivity contribution in [3.63, 3.8) is 0 Å². The van der Waals surface area contributed by atoms with Crippen molar-refractivity contribution in [2.24, 2.45) is 5.92 Å². The number of halogens is 1. The van der Waals surface area contributed by atoms with Gasteiger partial charge in [0.2, 0.25) is 15.9 Å². The van der Waals surface area contributed by atoms with Crippen LogP contribution >= 0.6 is 0 Å². The largest absolute Gasteiger partial charge is 0.326 e. The van der Waals surface area contributed by atoms with Gasteiger partial charge in [-0.05, 0) is 60.4 Å². The number of carbonyl (C=O) groups excluding carboxylic acids is 1. The maximum absolute atomic E-state index is 13.0. The predicted octanol–water partition coefficient (Wildman–Crippen LogP) is 4.53. The normalized spacial score (nSPS) is 15.5. The first kappa shape index (κ1) is 21.2. The van der Waals surface area contributed by atoms with Crippen LogP contribution in [0.15, 0.2) is 83.8 Å². The molecule has 0 unspecified atom stereocenters. The number of nitrogens with one attached hydrogen (secondary N) is 1. The van der Waals surface area contributed by atoms with Gasteiger partial charge in [-0.25, -0.2) is 12.8 Å². The molecule has 5 nitrogen and oxygen atoms in total. The van der Waals surface area contributed by atoms with Crippen LogP contribution in [-0.4, -0.2) is 31.7 Å². The number of sulfonamides is 1. The van der Waals surface area contributed by atoms with Gasteiger partial charge in [0.1, 0.15) is 5.82 Å². The van der Waals surface area contributed by atoms with Crippen LogP contribution in [0.2, 0.25) is 0 Å². The van der Waals surface area contributed by atoms with E-state index in [9.17, 15) is 17.6 Å². The SMILES string of the molecule is O=C(Nc1ccc(F)cc1)C1CCN(S(=O)(=O)c2ccc(-c3ccccc3)cc2)CC1. The Morgan fingerprint density at radius 2 is 1.42 bits per heavy atom. The molecule has 1 N–H and O–H groups in total. The van der Waals surface area contributed by atoms with E-state index in [1.807, 2.05) is 42.5 Å². The summed E-state index contributed by atoms with van der Waals surface area (Å²) < 4.78 is 40.5. The first-order chi connectivity index (χ1) is 14.9. The van der Waals surface area contributed by atoms with E-state index in [0.29, 0.717) is 18.5 Å². The van der Waals surface area contributed by atoms with Crippen molar-refractivity contribution in [1.82, 2.24) is 4.31 Å². The zero-order valence-corrected chi connectivity index (χ0v) is 17.7. The third-order valence-corrected chi connectivity index (χ3v) is 7.45. The molecular formula is C24H23FN2O3S. The molecule has 1 amide bonds. The topological polar surface area (TPSA) is 66.5 Å². The summed E-state index contributed by atoms with van der Waals surface area (Å²) in [6.07, 6.45) is 0.878. The van der Waals surface area contributed by atoms with Crippen LogP contribution in [-0.2, 0) is 14.8 Å². The summed E-state index contributed by atoms with van der Waals surface area (Å²) >= 11 is 0. The zero-order chi connectivity index (χ0) is 21.8. The summed E-state index contributed by atoms with van der Waals surface area (Å²) in [6, 6.07) is 22.2. The van der Waals surface area contributed by atoms with E-state index in [2.05, 4.69) is 5.32 Å². The third-order valence-electron chi connectivity index (χ3n) is 5.54. The quantitative estimate of drug-likeness (QED) is 0.636. The number of benzene rings is 3. The number of rotatable bonds is 5. The molecule has 0 aliphatic carbocycles. The second-order valence-electron chi connectivity index (χ2n) is 7.56. The minimum atomic E-state index is -3.61. The monoisotopic (exact) mass is 438 g/mol. The van der Waals surface area contributed by atoms with Crippen molar-refractivity contribution in [1.29, 1.82) is 0 Å². The van der Waals surface area contributed by atoms with E-state index in [0.717, 1.165) is 11.1 Å². The Hall–Kier alpha value is -3.03. The van der Waals surface area contributed by atoms with Gasteiger partial charge in [0.05, 0.1) is 4.90 Å². The molecule has 1 saturated heterocycles. The maximum atomic E-state index is 13.0. The molecule has 0 aromatic heterocycles. The standard InChI is InChI=1S/C24H23FN2O3S/c25-21-8-10-22(11-9-21)26-24(28)20-14-16-27(17-15-20)31(29,30)23-12-6-19(7-13-23)18-4-2-1-3-5-18/h1-13,20H,14-17H2,(H,26,28). The van der Waals surface area contributed by atoms with E-state index in [1.54, 1.807) is 12.1 Å². The molecule has 0 radical (unpaired) electrons. The van der Waals surface area contributed by atoms with Crippen LogP contribution in [0.4, 0.5) is 10.1 Å². The predicted molar refractivity (Wildman–Crippen MR) is 118 cm³/mol. The molecule has 3 aromatic rings. The fraction of sp³-hybridized carbons (Fsp3) is 0.208. The molecule has 0 saturated carbocycles. The van der Waals surface area contributed by atoms with Crippen LogP contribution in [0.25, 0.3) is 11.1 Å². The molecule has 31 heavy (non-hydrogen) atoms. The van der Waals surface area contributed by atoms with E-state index in [1.165, 1.54) is 28.6 Å². The van der Waals surface area contributed by atoms with Gasteiger partial charge < -0.3 is 5.32 Å². The highest BCUT2D eigenvalue weighted by Crippen LogP contribution is 2.27. The first-order valence-corrected chi connectivity index (χ1v) is 11.6. The van der Waals surface area contributed by atoms with Crippen molar-refractivity contribution >= 4 is 21.6 Å². The van der Waals surface area contributed by atoms with Crippen molar-refractivity contribution in [3.05, 3.63) is 84.7 Å². The van der Waals surface area contributed by atoms with Gasteiger partial charge >= 0.3 is 0 Å². The Morgan fingerprint density at radius 1 is 0.839 bits per heavy atom. The summed E-state index contributed by atoms with van der Waals surface area (Å²) in [5.41, 5.74) is 2.51. The Balaban J connectivity index is 1.38. The maximum Gasteiger partial charge on any atom is 0.243 e.